The number of nitrogens with one attached hydrogen (secondary N) is 2. The summed E-state index contributed by atoms with van der Waals surface area (Å²) in [6.07, 6.45) is 3.56. The molecule has 3 aromatic carbocycles. The predicted octanol–water partition coefficient (Wildman–Crippen LogP) is 3.95. The normalized spacial score (nSPS) is 13.6. The van der Waals surface area contributed by atoms with E-state index < -0.39 is 0 Å². The van der Waals surface area contributed by atoms with Gasteiger partial charge in [-0.1, -0.05) is 42.5 Å². The molecular weight excluding hydrogens is 338 g/mol. The molecule has 0 aliphatic heterocycles. The smallest absolute Gasteiger partial charge is 0.271 e. The van der Waals surface area contributed by atoms with E-state index in [1.165, 1.54) is 0 Å². The maximum absolute atomic E-state index is 12.2. The lowest BCUT2D eigenvalue weighted by molar-refractivity contribution is -0.117. The number of hydrogen-bond acceptors (Lipinski definition) is 3. The van der Waals surface area contributed by atoms with E-state index in [2.05, 4.69) is 15.8 Å². The van der Waals surface area contributed by atoms with E-state index in [0.717, 1.165) is 29.2 Å². The van der Waals surface area contributed by atoms with Crippen LogP contribution in [-0.4, -0.2) is 18.0 Å². The quantitative estimate of drug-likeness (QED) is 0.536. The van der Waals surface area contributed by atoms with Gasteiger partial charge >= 0.3 is 0 Å². The van der Waals surface area contributed by atoms with Crippen LogP contribution in [-0.2, 0) is 4.79 Å². The molecule has 0 atom stereocenters. The van der Waals surface area contributed by atoms with Crippen molar-refractivity contribution in [2.24, 2.45) is 11.0 Å². The van der Waals surface area contributed by atoms with Crippen molar-refractivity contribution in [3.63, 3.8) is 0 Å². The highest BCUT2D eigenvalue weighted by Crippen LogP contribution is 2.30. The Bertz CT molecular complexity index is 1020. The highest BCUT2D eigenvalue weighted by Gasteiger charge is 2.29. The Morgan fingerprint density at radius 2 is 1.67 bits per heavy atom. The van der Waals surface area contributed by atoms with Crippen LogP contribution in [0.1, 0.15) is 28.8 Å². The molecule has 0 heterocycles. The zero-order valence-corrected chi connectivity index (χ0v) is 14.7. The molecule has 2 N–H and O–H groups in total. The van der Waals surface area contributed by atoms with E-state index in [1.807, 2.05) is 42.5 Å². The molecule has 3 aromatic rings. The molecule has 27 heavy (non-hydrogen) atoms. The highest BCUT2D eigenvalue weighted by atomic mass is 16.2. The van der Waals surface area contributed by atoms with Gasteiger partial charge in [-0.25, -0.2) is 5.43 Å². The van der Waals surface area contributed by atoms with Crippen LogP contribution in [0.2, 0.25) is 0 Å². The average Bonchev–Trinajstić information content (AvgIpc) is 3.54. The number of amides is 2. The monoisotopic (exact) mass is 357 g/mol. The van der Waals surface area contributed by atoms with Crippen molar-refractivity contribution >= 4 is 34.5 Å². The first-order valence-electron chi connectivity index (χ1n) is 8.93. The number of benzene rings is 3. The maximum Gasteiger partial charge on any atom is 0.271 e. The largest absolute Gasteiger partial charge is 0.326 e. The number of carbonyl (C=O) groups excluding carboxylic acids is 2. The molecule has 4 rings (SSSR count). The molecule has 1 aliphatic rings. The molecule has 0 unspecified atom stereocenters. The Kier molecular flexibility index (Phi) is 4.66. The van der Waals surface area contributed by atoms with Crippen LogP contribution in [0.15, 0.2) is 71.8 Å². The van der Waals surface area contributed by atoms with Crippen molar-refractivity contribution in [1.82, 2.24) is 5.43 Å². The Morgan fingerprint density at radius 1 is 0.926 bits per heavy atom. The number of carbonyl (C=O) groups is 2. The summed E-state index contributed by atoms with van der Waals surface area (Å²) in [4.78, 5) is 24.0. The summed E-state index contributed by atoms with van der Waals surface area (Å²) in [7, 11) is 0. The van der Waals surface area contributed by atoms with Gasteiger partial charge in [-0.05, 0) is 47.9 Å². The predicted molar refractivity (Wildman–Crippen MR) is 107 cm³/mol. The Balaban J connectivity index is 1.39. The van der Waals surface area contributed by atoms with E-state index in [9.17, 15) is 9.59 Å². The van der Waals surface area contributed by atoms with E-state index in [0.29, 0.717) is 11.3 Å². The Labute approximate surface area is 157 Å². The van der Waals surface area contributed by atoms with Crippen molar-refractivity contribution in [3.05, 3.63) is 77.9 Å². The van der Waals surface area contributed by atoms with Gasteiger partial charge in [0.05, 0.1) is 6.21 Å². The van der Waals surface area contributed by atoms with Gasteiger partial charge in [-0.2, -0.15) is 5.10 Å². The summed E-state index contributed by atoms with van der Waals surface area (Å²) >= 11 is 0. The first-order chi connectivity index (χ1) is 13.2. The summed E-state index contributed by atoms with van der Waals surface area (Å²) in [5.74, 6) is -0.102. The lowest BCUT2D eigenvalue weighted by Crippen LogP contribution is -2.18. The molecule has 1 fully saturated rings. The summed E-state index contributed by atoms with van der Waals surface area (Å²) in [5, 5.41) is 9.13. The summed E-state index contributed by atoms with van der Waals surface area (Å²) in [6, 6.07) is 20.8. The first-order valence-corrected chi connectivity index (χ1v) is 8.93. The summed E-state index contributed by atoms with van der Waals surface area (Å²) in [5.41, 5.74) is 4.66. The third-order valence-corrected chi connectivity index (χ3v) is 4.56. The fourth-order valence-corrected chi connectivity index (χ4v) is 2.88. The number of hydrogen-bond donors (Lipinski definition) is 2. The van der Waals surface area contributed by atoms with Gasteiger partial charge in [-0.15, -0.1) is 0 Å². The van der Waals surface area contributed by atoms with Crippen LogP contribution in [0.5, 0.6) is 0 Å². The summed E-state index contributed by atoms with van der Waals surface area (Å²) < 4.78 is 0. The van der Waals surface area contributed by atoms with Crippen molar-refractivity contribution < 1.29 is 9.59 Å². The number of hydrazone groups is 1. The number of anilines is 1. The Morgan fingerprint density at radius 3 is 2.44 bits per heavy atom. The van der Waals surface area contributed by atoms with Gasteiger partial charge in [0.25, 0.3) is 5.91 Å². The molecule has 0 aromatic heterocycles. The molecule has 5 heteroatoms. The molecule has 0 bridgehead atoms. The fourth-order valence-electron chi connectivity index (χ4n) is 2.88. The second-order valence-corrected chi connectivity index (χ2v) is 6.61. The highest BCUT2D eigenvalue weighted by molar-refractivity contribution is 6.01. The van der Waals surface area contributed by atoms with E-state index in [-0.39, 0.29) is 17.7 Å². The number of nitrogens with zero attached hydrogens (tertiary/aromatic N) is 1. The lowest BCUT2D eigenvalue weighted by atomic mass is 10.1. The second-order valence-electron chi connectivity index (χ2n) is 6.61. The molecule has 2 amide bonds. The van der Waals surface area contributed by atoms with Crippen LogP contribution in [0, 0.1) is 5.92 Å². The molecule has 0 radical (unpaired) electrons. The standard InChI is InChI=1S/C22H19N3O2/c26-21(16-8-9-16)24-19-12-10-17(11-13-19)22(27)25-23-14-18-6-3-5-15-4-1-2-7-20(15)18/h1-7,10-14,16H,8-9H2,(H,24,26)(H,25,27). The maximum atomic E-state index is 12.2. The molecular formula is C22H19N3O2. The van der Waals surface area contributed by atoms with Gasteiger partial charge in [-0.3, -0.25) is 9.59 Å². The molecule has 0 saturated heterocycles. The molecule has 5 nitrogen and oxygen atoms in total. The van der Waals surface area contributed by atoms with E-state index >= 15 is 0 Å². The SMILES string of the molecule is O=C(NN=Cc1cccc2ccccc12)c1ccc(NC(=O)C2CC2)cc1. The van der Waals surface area contributed by atoms with Crippen molar-refractivity contribution in [3.8, 4) is 0 Å². The first kappa shape index (κ1) is 17.0. The number of fused-ring (bicyclic) bond motifs is 1. The van der Waals surface area contributed by atoms with E-state index in [4.69, 9.17) is 0 Å². The minimum Gasteiger partial charge on any atom is -0.326 e. The van der Waals surface area contributed by atoms with Crippen LogP contribution in [0.3, 0.4) is 0 Å². The van der Waals surface area contributed by atoms with Crippen LogP contribution in [0.25, 0.3) is 10.8 Å². The van der Waals surface area contributed by atoms with Crippen LogP contribution < -0.4 is 10.7 Å². The van der Waals surface area contributed by atoms with Gasteiger partial charge in [0.1, 0.15) is 0 Å². The minimum atomic E-state index is -0.299. The lowest BCUT2D eigenvalue weighted by Gasteiger charge is -2.05. The second kappa shape index (κ2) is 7.41. The van der Waals surface area contributed by atoms with Crippen molar-refractivity contribution in [2.45, 2.75) is 12.8 Å². The van der Waals surface area contributed by atoms with Crippen molar-refractivity contribution in [1.29, 1.82) is 0 Å². The zero-order valence-electron chi connectivity index (χ0n) is 14.7. The van der Waals surface area contributed by atoms with Crippen LogP contribution in [0.4, 0.5) is 5.69 Å². The zero-order chi connectivity index (χ0) is 18.6. The fraction of sp³-hybridized carbons (Fsp3) is 0.136. The van der Waals surface area contributed by atoms with Crippen molar-refractivity contribution in [2.75, 3.05) is 5.32 Å². The van der Waals surface area contributed by atoms with Crippen LogP contribution >= 0.6 is 0 Å². The minimum absolute atomic E-state index is 0.0480. The topological polar surface area (TPSA) is 70.6 Å². The molecule has 0 spiro atoms. The molecule has 1 saturated carbocycles. The molecule has 134 valence electrons. The Hall–Kier alpha value is -3.47. The third-order valence-electron chi connectivity index (χ3n) is 4.56. The van der Waals surface area contributed by atoms with Gasteiger partial charge < -0.3 is 5.32 Å². The molecule has 1 aliphatic carbocycles. The van der Waals surface area contributed by atoms with Gasteiger partial charge in [0, 0.05) is 22.7 Å². The summed E-state index contributed by atoms with van der Waals surface area (Å²) in [6.45, 7) is 0. The third kappa shape index (κ3) is 4.03. The van der Waals surface area contributed by atoms with Gasteiger partial charge in [0.15, 0.2) is 0 Å². The van der Waals surface area contributed by atoms with E-state index in [1.54, 1.807) is 30.5 Å². The number of rotatable bonds is 5. The van der Waals surface area contributed by atoms with Gasteiger partial charge in [0.2, 0.25) is 5.91 Å². The average molecular weight is 357 g/mol.